The van der Waals surface area contributed by atoms with Crippen LogP contribution in [0.3, 0.4) is 0 Å². The molecule has 0 aliphatic heterocycles. The molecule has 0 atom stereocenters. The van der Waals surface area contributed by atoms with E-state index >= 15 is 0 Å². The van der Waals surface area contributed by atoms with Gasteiger partial charge in [-0.05, 0) is 73.2 Å². The lowest BCUT2D eigenvalue weighted by molar-refractivity contribution is 0.252. The van der Waals surface area contributed by atoms with Gasteiger partial charge >= 0.3 is 6.03 Å². The summed E-state index contributed by atoms with van der Waals surface area (Å²) < 4.78 is 5.14. The summed E-state index contributed by atoms with van der Waals surface area (Å²) in [6.45, 7) is 1.82. The molecule has 3 aromatic rings. The first-order valence-corrected chi connectivity index (χ1v) is 9.93. The molecule has 0 saturated heterocycles. The number of hydrogen-bond donors (Lipinski definition) is 4. The Morgan fingerprint density at radius 1 is 0.806 bits per heavy atom. The molecule has 7 nitrogen and oxygen atoms in total. The third-order valence-corrected chi connectivity index (χ3v) is 4.47. The Morgan fingerprint density at radius 3 is 1.94 bits per heavy atom. The van der Waals surface area contributed by atoms with Crippen molar-refractivity contribution in [1.29, 1.82) is 0 Å². The number of methoxy groups -OCH3 is 1. The second-order valence-corrected chi connectivity index (χ2v) is 6.92. The number of benzene rings is 3. The van der Waals surface area contributed by atoms with Crippen LogP contribution in [-0.2, 0) is 0 Å². The van der Waals surface area contributed by atoms with Crippen molar-refractivity contribution in [2.75, 3.05) is 23.1 Å². The SMILES string of the molecule is COc1ccc(NC(=S)Nc2ccc(/C(C)=N\NC(=O)Nc3ccccc3)cc2)cc1. The van der Waals surface area contributed by atoms with Crippen molar-refractivity contribution in [3.63, 3.8) is 0 Å². The third-order valence-electron chi connectivity index (χ3n) is 4.27. The number of urea groups is 1. The van der Waals surface area contributed by atoms with Gasteiger partial charge < -0.3 is 20.7 Å². The van der Waals surface area contributed by atoms with E-state index in [9.17, 15) is 4.79 Å². The molecule has 158 valence electrons. The number of hydrazone groups is 1. The summed E-state index contributed by atoms with van der Waals surface area (Å²) in [4.78, 5) is 11.9. The summed E-state index contributed by atoms with van der Waals surface area (Å²) >= 11 is 5.36. The van der Waals surface area contributed by atoms with Gasteiger partial charge in [-0.3, -0.25) is 0 Å². The number of carbonyl (C=O) groups is 1. The number of anilines is 3. The highest BCUT2D eigenvalue weighted by Crippen LogP contribution is 2.16. The molecule has 0 aliphatic rings. The number of nitrogens with zero attached hydrogens (tertiary/aromatic N) is 1. The first kappa shape index (κ1) is 21.8. The van der Waals surface area contributed by atoms with Crippen LogP contribution < -0.4 is 26.1 Å². The van der Waals surface area contributed by atoms with E-state index in [2.05, 4.69) is 26.5 Å². The van der Waals surface area contributed by atoms with E-state index in [1.165, 1.54) is 0 Å². The van der Waals surface area contributed by atoms with E-state index in [1.54, 1.807) is 19.2 Å². The van der Waals surface area contributed by atoms with Crippen LogP contribution in [0.25, 0.3) is 0 Å². The Hall–Kier alpha value is -3.91. The molecule has 0 radical (unpaired) electrons. The summed E-state index contributed by atoms with van der Waals surface area (Å²) in [6.07, 6.45) is 0. The minimum absolute atomic E-state index is 0.404. The van der Waals surface area contributed by atoms with Gasteiger partial charge in [0.05, 0.1) is 12.8 Å². The van der Waals surface area contributed by atoms with Gasteiger partial charge in [-0.25, -0.2) is 10.2 Å². The Balaban J connectivity index is 1.51. The molecule has 0 bridgehead atoms. The fourth-order valence-electron chi connectivity index (χ4n) is 2.64. The number of hydrogen-bond acceptors (Lipinski definition) is 4. The second-order valence-electron chi connectivity index (χ2n) is 6.51. The molecule has 4 N–H and O–H groups in total. The lowest BCUT2D eigenvalue weighted by Gasteiger charge is -2.11. The lowest BCUT2D eigenvalue weighted by Crippen LogP contribution is -2.25. The number of carbonyl (C=O) groups excluding carboxylic acids is 1. The minimum Gasteiger partial charge on any atom is -0.497 e. The van der Waals surface area contributed by atoms with Crippen molar-refractivity contribution in [3.05, 3.63) is 84.4 Å². The predicted octanol–water partition coefficient (Wildman–Crippen LogP) is 5.05. The van der Waals surface area contributed by atoms with Gasteiger partial charge in [0.1, 0.15) is 5.75 Å². The Kier molecular flexibility index (Phi) is 7.56. The predicted molar refractivity (Wildman–Crippen MR) is 130 cm³/mol. The fraction of sp³-hybridized carbons (Fsp3) is 0.0870. The number of amides is 2. The second kappa shape index (κ2) is 10.7. The van der Waals surface area contributed by atoms with E-state index in [-0.39, 0.29) is 0 Å². The van der Waals surface area contributed by atoms with Gasteiger partial charge in [0.25, 0.3) is 0 Å². The van der Waals surface area contributed by atoms with Crippen molar-refractivity contribution < 1.29 is 9.53 Å². The van der Waals surface area contributed by atoms with Crippen LogP contribution in [0.15, 0.2) is 84.0 Å². The molecule has 0 fully saturated rings. The van der Waals surface area contributed by atoms with Crippen LogP contribution in [0.1, 0.15) is 12.5 Å². The summed E-state index contributed by atoms with van der Waals surface area (Å²) in [6, 6.07) is 23.8. The van der Waals surface area contributed by atoms with E-state index in [0.717, 1.165) is 22.7 Å². The van der Waals surface area contributed by atoms with Crippen molar-refractivity contribution in [1.82, 2.24) is 5.43 Å². The average Bonchev–Trinajstić information content (AvgIpc) is 2.79. The number of rotatable bonds is 6. The molecule has 2 amide bonds. The van der Waals surface area contributed by atoms with Crippen LogP contribution in [0.2, 0.25) is 0 Å². The maximum Gasteiger partial charge on any atom is 0.339 e. The standard InChI is InChI=1S/C23H23N5O2S/c1-16(27-28-22(29)24-18-6-4-3-5-7-18)17-8-10-19(11-9-17)25-23(31)26-20-12-14-21(30-2)15-13-20/h3-15H,1-2H3,(H2,24,28,29)(H2,25,26,31)/b27-16-. The highest BCUT2D eigenvalue weighted by Gasteiger charge is 2.03. The maximum absolute atomic E-state index is 11.9. The topological polar surface area (TPSA) is 86.8 Å². The molecule has 0 aromatic heterocycles. The summed E-state index contributed by atoms with van der Waals surface area (Å²) in [5.41, 5.74) is 6.43. The number of ether oxygens (including phenoxy) is 1. The Labute approximate surface area is 186 Å². The van der Waals surface area contributed by atoms with E-state index < -0.39 is 6.03 Å². The molecule has 0 saturated carbocycles. The van der Waals surface area contributed by atoms with E-state index in [4.69, 9.17) is 17.0 Å². The monoisotopic (exact) mass is 433 g/mol. The van der Waals surface area contributed by atoms with E-state index in [1.807, 2.05) is 73.7 Å². The first-order chi connectivity index (χ1) is 15.0. The van der Waals surface area contributed by atoms with Crippen molar-refractivity contribution in [2.45, 2.75) is 6.92 Å². The Morgan fingerprint density at radius 2 is 1.35 bits per heavy atom. The van der Waals surface area contributed by atoms with Crippen LogP contribution in [0, 0.1) is 0 Å². The normalized spacial score (nSPS) is 10.7. The maximum atomic E-state index is 11.9. The van der Waals surface area contributed by atoms with Gasteiger partial charge in [0.15, 0.2) is 5.11 Å². The highest BCUT2D eigenvalue weighted by molar-refractivity contribution is 7.80. The molecular formula is C23H23N5O2S. The smallest absolute Gasteiger partial charge is 0.339 e. The molecule has 3 aromatic carbocycles. The molecule has 0 heterocycles. The molecular weight excluding hydrogens is 410 g/mol. The molecule has 3 rings (SSSR count). The van der Waals surface area contributed by atoms with Gasteiger partial charge in [-0.1, -0.05) is 30.3 Å². The number of para-hydroxylation sites is 1. The third kappa shape index (κ3) is 6.83. The van der Waals surface area contributed by atoms with Gasteiger partial charge in [-0.2, -0.15) is 5.10 Å². The molecule has 0 aliphatic carbocycles. The number of nitrogens with one attached hydrogen (secondary N) is 4. The van der Waals surface area contributed by atoms with Crippen LogP contribution >= 0.6 is 12.2 Å². The highest BCUT2D eigenvalue weighted by atomic mass is 32.1. The van der Waals surface area contributed by atoms with Crippen LogP contribution in [0.4, 0.5) is 21.9 Å². The van der Waals surface area contributed by atoms with Crippen molar-refractivity contribution in [2.24, 2.45) is 5.10 Å². The summed E-state index contributed by atoms with van der Waals surface area (Å²) in [7, 11) is 1.63. The average molecular weight is 434 g/mol. The van der Waals surface area contributed by atoms with Gasteiger partial charge in [-0.15, -0.1) is 0 Å². The van der Waals surface area contributed by atoms with Crippen molar-refractivity contribution >= 4 is 46.1 Å². The van der Waals surface area contributed by atoms with E-state index in [0.29, 0.717) is 16.5 Å². The van der Waals surface area contributed by atoms with Gasteiger partial charge in [0, 0.05) is 17.1 Å². The van der Waals surface area contributed by atoms with Crippen LogP contribution in [0.5, 0.6) is 5.75 Å². The zero-order valence-electron chi connectivity index (χ0n) is 17.2. The number of thiocarbonyl (C=S) groups is 1. The zero-order valence-corrected chi connectivity index (χ0v) is 18.0. The molecule has 0 unspecified atom stereocenters. The molecule has 0 spiro atoms. The minimum atomic E-state index is -0.404. The first-order valence-electron chi connectivity index (χ1n) is 9.52. The summed E-state index contributed by atoms with van der Waals surface area (Å²) in [5.74, 6) is 0.782. The fourth-order valence-corrected chi connectivity index (χ4v) is 2.88. The van der Waals surface area contributed by atoms with Gasteiger partial charge in [0.2, 0.25) is 0 Å². The lowest BCUT2D eigenvalue weighted by atomic mass is 10.1. The quantitative estimate of drug-likeness (QED) is 0.248. The largest absolute Gasteiger partial charge is 0.497 e. The molecule has 8 heteroatoms. The zero-order chi connectivity index (χ0) is 22.1. The molecule has 31 heavy (non-hydrogen) atoms. The van der Waals surface area contributed by atoms with Crippen molar-refractivity contribution in [3.8, 4) is 5.75 Å². The van der Waals surface area contributed by atoms with Crippen LogP contribution in [-0.4, -0.2) is 24.0 Å². The Bertz CT molecular complexity index is 1050. The summed E-state index contributed by atoms with van der Waals surface area (Å²) in [5, 5.41) is 13.6.